The highest BCUT2D eigenvalue weighted by molar-refractivity contribution is 5.83. The van der Waals surface area contributed by atoms with Gasteiger partial charge in [0.15, 0.2) is 0 Å². The summed E-state index contributed by atoms with van der Waals surface area (Å²) in [5.41, 5.74) is 0. The number of hydrogen-bond acceptors (Lipinski definition) is 2. The van der Waals surface area contributed by atoms with Crippen LogP contribution < -0.4 is 10.6 Å². The molecule has 0 aromatic carbocycles. The van der Waals surface area contributed by atoms with Crippen LogP contribution in [0.25, 0.3) is 0 Å². The Bertz CT molecular complexity index is 306. The van der Waals surface area contributed by atoms with Gasteiger partial charge in [-0.2, -0.15) is 0 Å². The lowest BCUT2D eigenvalue weighted by Gasteiger charge is -2.06. The summed E-state index contributed by atoms with van der Waals surface area (Å²) in [5.74, 6) is -0.262. The maximum atomic E-state index is 11.4. The predicted octanol–water partition coefficient (Wildman–Crippen LogP) is 4.72. The summed E-state index contributed by atoms with van der Waals surface area (Å²) in [4.78, 5) is 22.0. The molecule has 24 heavy (non-hydrogen) atoms. The number of carbonyl (C=O) groups is 2. The van der Waals surface area contributed by atoms with Crippen LogP contribution in [0.3, 0.4) is 0 Å². The van der Waals surface area contributed by atoms with Gasteiger partial charge in [-0.15, -0.1) is 0 Å². The van der Waals surface area contributed by atoms with E-state index in [1.165, 1.54) is 90.4 Å². The van der Waals surface area contributed by atoms with E-state index in [9.17, 15) is 9.59 Å². The second-order valence-corrected chi connectivity index (χ2v) is 6.86. The topological polar surface area (TPSA) is 58.2 Å². The Morgan fingerprint density at radius 1 is 0.625 bits per heavy atom. The Hall–Kier alpha value is -1.06. The first kappa shape index (κ1) is 22.9. The molecule has 0 heterocycles. The average molecular weight is 341 g/mol. The highest BCUT2D eigenvalue weighted by Gasteiger charge is 2.00. The van der Waals surface area contributed by atoms with Crippen molar-refractivity contribution in [3.63, 3.8) is 0 Å². The zero-order valence-corrected chi connectivity index (χ0v) is 16.1. The molecule has 0 fully saturated rings. The van der Waals surface area contributed by atoms with Crippen LogP contribution in [0.5, 0.6) is 0 Å². The molecule has 0 bridgehead atoms. The number of carbonyl (C=O) groups excluding carboxylic acids is 2. The molecule has 0 aliphatic heterocycles. The van der Waals surface area contributed by atoms with Crippen molar-refractivity contribution in [2.75, 3.05) is 13.1 Å². The van der Waals surface area contributed by atoms with E-state index in [1.807, 2.05) is 0 Å². The molecule has 0 radical (unpaired) electrons. The third kappa shape index (κ3) is 19.0. The zero-order valence-electron chi connectivity index (χ0n) is 16.1. The molecule has 0 aliphatic carbocycles. The monoisotopic (exact) mass is 340 g/mol. The second-order valence-electron chi connectivity index (χ2n) is 6.86. The van der Waals surface area contributed by atoms with Gasteiger partial charge in [-0.3, -0.25) is 9.59 Å². The number of nitrogens with one attached hydrogen (secondary N) is 2. The molecule has 0 saturated carbocycles. The van der Waals surface area contributed by atoms with Gasteiger partial charge in [-0.25, -0.2) is 0 Å². The van der Waals surface area contributed by atoms with Crippen molar-refractivity contribution in [1.82, 2.24) is 10.6 Å². The third-order valence-corrected chi connectivity index (χ3v) is 4.35. The van der Waals surface area contributed by atoms with Gasteiger partial charge < -0.3 is 10.6 Å². The maximum Gasteiger partial charge on any atom is 0.239 e. The third-order valence-electron chi connectivity index (χ3n) is 4.35. The maximum absolute atomic E-state index is 11.4. The highest BCUT2D eigenvalue weighted by Crippen LogP contribution is 2.12. The molecule has 0 spiro atoms. The van der Waals surface area contributed by atoms with Gasteiger partial charge in [0.1, 0.15) is 0 Å². The lowest BCUT2D eigenvalue weighted by Crippen LogP contribution is -2.36. The molecule has 0 aromatic heterocycles. The molecule has 0 atom stereocenters. The van der Waals surface area contributed by atoms with E-state index in [0.29, 0.717) is 0 Å². The summed E-state index contributed by atoms with van der Waals surface area (Å²) in [6, 6.07) is 0. The Kier molecular flexibility index (Phi) is 17.5. The molecule has 0 unspecified atom stereocenters. The van der Waals surface area contributed by atoms with Crippen molar-refractivity contribution in [3.05, 3.63) is 0 Å². The zero-order chi connectivity index (χ0) is 17.9. The van der Waals surface area contributed by atoms with Crippen LogP contribution in [-0.4, -0.2) is 24.9 Å². The molecule has 0 aromatic rings. The first-order valence-corrected chi connectivity index (χ1v) is 10.2. The number of unbranched alkanes of at least 4 members (excludes halogenated alkanes) is 13. The van der Waals surface area contributed by atoms with Crippen LogP contribution in [0.2, 0.25) is 0 Å². The molecular weight excluding hydrogens is 300 g/mol. The van der Waals surface area contributed by atoms with Crippen molar-refractivity contribution >= 4 is 11.8 Å². The fourth-order valence-electron chi connectivity index (χ4n) is 2.81. The van der Waals surface area contributed by atoms with Crippen molar-refractivity contribution in [3.8, 4) is 0 Å². The van der Waals surface area contributed by atoms with E-state index in [2.05, 4.69) is 17.6 Å². The van der Waals surface area contributed by atoms with Gasteiger partial charge in [0.25, 0.3) is 0 Å². The van der Waals surface area contributed by atoms with E-state index in [-0.39, 0.29) is 18.4 Å². The number of hydrogen-bond donors (Lipinski definition) is 2. The van der Waals surface area contributed by atoms with Crippen molar-refractivity contribution in [1.29, 1.82) is 0 Å². The van der Waals surface area contributed by atoms with Gasteiger partial charge in [0.05, 0.1) is 6.54 Å². The summed E-state index contributed by atoms with van der Waals surface area (Å²) in [6.45, 7) is 4.50. The normalized spacial score (nSPS) is 10.6. The van der Waals surface area contributed by atoms with Gasteiger partial charge >= 0.3 is 0 Å². The van der Waals surface area contributed by atoms with Crippen LogP contribution in [0.4, 0.5) is 0 Å². The average Bonchev–Trinajstić information content (AvgIpc) is 2.56. The molecule has 4 nitrogen and oxygen atoms in total. The van der Waals surface area contributed by atoms with Gasteiger partial charge in [-0.1, -0.05) is 90.4 Å². The van der Waals surface area contributed by atoms with E-state index < -0.39 is 0 Å². The number of rotatable bonds is 17. The molecule has 2 N–H and O–H groups in total. The minimum atomic E-state index is -0.165. The lowest BCUT2D eigenvalue weighted by molar-refractivity contribution is -0.125. The van der Waals surface area contributed by atoms with Crippen LogP contribution in [0, 0.1) is 0 Å². The van der Waals surface area contributed by atoms with Crippen LogP contribution in [-0.2, 0) is 9.59 Å². The molecule has 0 aliphatic rings. The smallest absolute Gasteiger partial charge is 0.239 e. The summed E-state index contributed by atoms with van der Waals surface area (Å²) in [5, 5.41) is 5.32. The van der Waals surface area contributed by atoms with Crippen molar-refractivity contribution in [2.24, 2.45) is 0 Å². The largest absolute Gasteiger partial charge is 0.355 e. The molecule has 4 heteroatoms. The summed E-state index contributed by atoms with van der Waals surface area (Å²) >= 11 is 0. The van der Waals surface area contributed by atoms with E-state index in [4.69, 9.17) is 0 Å². The molecule has 0 rings (SSSR count). The molecular formula is C20H40N2O2. The highest BCUT2D eigenvalue weighted by atomic mass is 16.2. The van der Waals surface area contributed by atoms with Crippen LogP contribution in [0.15, 0.2) is 0 Å². The minimum absolute atomic E-state index is 0.0912. The fraction of sp³-hybridized carbons (Fsp3) is 0.900. The Balaban J connectivity index is 3.10. The Labute approximate surface area is 149 Å². The molecule has 2 amide bonds. The Morgan fingerprint density at radius 2 is 1.04 bits per heavy atom. The predicted molar refractivity (Wildman–Crippen MR) is 102 cm³/mol. The summed E-state index contributed by atoms with van der Waals surface area (Å²) in [6.07, 6.45) is 18.8. The van der Waals surface area contributed by atoms with Crippen LogP contribution in [0.1, 0.15) is 104 Å². The first-order chi connectivity index (χ1) is 11.7. The van der Waals surface area contributed by atoms with E-state index >= 15 is 0 Å². The lowest BCUT2D eigenvalue weighted by atomic mass is 10.0. The Morgan fingerprint density at radius 3 is 1.46 bits per heavy atom. The standard InChI is InChI=1S/C20H40N2O2/c1-3-4-5-6-7-8-9-10-11-12-13-14-15-16-17-21-20(24)18-22-19(2)23/h3-18H2,1-2H3,(H,21,24)(H,22,23). The fourth-order valence-corrected chi connectivity index (χ4v) is 2.81. The molecule has 0 saturated heterocycles. The van der Waals surface area contributed by atoms with Gasteiger partial charge in [0, 0.05) is 13.5 Å². The van der Waals surface area contributed by atoms with E-state index in [1.54, 1.807) is 0 Å². The molecule has 142 valence electrons. The van der Waals surface area contributed by atoms with Gasteiger partial charge in [-0.05, 0) is 6.42 Å². The second kappa shape index (κ2) is 18.3. The van der Waals surface area contributed by atoms with E-state index in [0.717, 1.165) is 13.0 Å². The number of amides is 2. The first-order valence-electron chi connectivity index (χ1n) is 10.2. The van der Waals surface area contributed by atoms with Crippen molar-refractivity contribution < 1.29 is 9.59 Å². The minimum Gasteiger partial charge on any atom is -0.355 e. The van der Waals surface area contributed by atoms with Crippen molar-refractivity contribution in [2.45, 2.75) is 104 Å². The van der Waals surface area contributed by atoms with Gasteiger partial charge in [0.2, 0.25) is 11.8 Å². The summed E-state index contributed by atoms with van der Waals surface area (Å²) in [7, 11) is 0. The summed E-state index contributed by atoms with van der Waals surface area (Å²) < 4.78 is 0. The quantitative estimate of drug-likeness (QED) is 0.376. The van der Waals surface area contributed by atoms with Crippen LogP contribution >= 0.6 is 0 Å². The SMILES string of the molecule is CCCCCCCCCCCCCCCCNC(=O)CNC(C)=O.